The van der Waals surface area contributed by atoms with Crippen molar-refractivity contribution in [2.75, 3.05) is 26.1 Å². The first-order chi connectivity index (χ1) is 10.0. The third-order valence-electron chi connectivity index (χ3n) is 2.83. The molecule has 0 spiro atoms. The van der Waals surface area contributed by atoms with Gasteiger partial charge in [0.15, 0.2) is 5.13 Å². The Morgan fingerprint density at radius 3 is 2.81 bits per heavy atom. The van der Waals surface area contributed by atoms with E-state index in [-0.39, 0.29) is 5.82 Å². The number of hydrogen-bond acceptors (Lipinski definition) is 5. The Balaban J connectivity index is 2.01. The number of rotatable bonds is 6. The molecule has 0 aliphatic heterocycles. The third-order valence-corrected chi connectivity index (χ3v) is 4.53. The fourth-order valence-electron chi connectivity index (χ4n) is 1.78. The van der Waals surface area contributed by atoms with Gasteiger partial charge in [-0.05, 0) is 18.2 Å². The van der Waals surface area contributed by atoms with Crippen LogP contribution in [0.4, 0.5) is 9.52 Å². The Labute approximate surface area is 136 Å². The van der Waals surface area contributed by atoms with Crippen molar-refractivity contribution in [3.05, 3.63) is 38.9 Å². The second kappa shape index (κ2) is 7.20. The first-order valence-electron chi connectivity index (χ1n) is 6.37. The Kier molecular flexibility index (Phi) is 5.55. The van der Waals surface area contributed by atoms with Gasteiger partial charge >= 0.3 is 0 Å². The van der Waals surface area contributed by atoms with E-state index in [2.05, 4.69) is 26.2 Å². The Morgan fingerprint density at radius 2 is 2.14 bits per heavy atom. The van der Waals surface area contributed by atoms with Crippen molar-refractivity contribution >= 4 is 32.4 Å². The molecular weight excluding hydrogens is 357 g/mol. The number of ether oxygens (including phenoxy) is 1. The van der Waals surface area contributed by atoms with Gasteiger partial charge in [0, 0.05) is 37.2 Å². The number of aromatic nitrogens is 1. The Bertz CT molecular complexity index is 618. The molecule has 0 radical (unpaired) electrons. The van der Waals surface area contributed by atoms with Crippen molar-refractivity contribution in [2.45, 2.75) is 13.1 Å². The Hall–Kier alpha value is -1.18. The lowest BCUT2D eigenvalue weighted by Gasteiger charge is -2.06. The minimum Gasteiger partial charge on any atom is -0.480 e. The van der Waals surface area contributed by atoms with Gasteiger partial charge < -0.3 is 15.0 Å². The zero-order valence-electron chi connectivity index (χ0n) is 12.1. The normalized spacial score (nSPS) is 10.7. The molecule has 21 heavy (non-hydrogen) atoms. The summed E-state index contributed by atoms with van der Waals surface area (Å²) in [4.78, 5) is 7.32. The Morgan fingerprint density at radius 1 is 1.38 bits per heavy atom. The van der Waals surface area contributed by atoms with Crippen molar-refractivity contribution in [1.82, 2.24) is 10.3 Å². The van der Waals surface area contributed by atoms with Gasteiger partial charge in [-0.3, -0.25) is 0 Å². The molecule has 7 heteroatoms. The van der Waals surface area contributed by atoms with Gasteiger partial charge in [-0.1, -0.05) is 27.3 Å². The lowest BCUT2D eigenvalue weighted by atomic mass is 10.2. The number of hydrogen-bond donors (Lipinski definition) is 1. The monoisotopic (exact) mass is 373 g/mol. The molecule has 0 aliphatic rings. The fourth-order valence-corrected chi connectivity index (χ4v) is 3.11. The van der Waals surface area contributed by atoms with Crippen molar-refractivity contribution in [1.29, 1.82) is 0 Å². The number of anilines is 1. The summed E-state index contributed by atoms with van der Waals surface area (Å²) in [6.07, 6.45) is 0. The zero-order valence-corrected chi connectivity index (χ0v) is 14.5. The number of thiazole rings is 1. The molecule has 1 aromatic heterocycles. The summed E-state index contributed by atoms with van der Waals surface area (Å²) in [5.41, 5.74) is 0.626. The molecule has 0 aliphatic carbocycles. The third kappa shape index (κ3) is 4.15. The molecule has 1 aromatic carbocycles. The predicted molar refractivity (Wildman–Crippen MR) is 87.6 cm³/mol. The van der Waals surface area contributed by atoms with E-state index in [0.29, 0.717) is 24.5 Å². The van der Waals surface area contributed by atoms with E-state index in [9.17, 15) is 4.39 Å². The average Bonchev–Trinajstić information content (AvgIpc) is 2.86. The lowest BCUT2D eigenvalue weighted by Crippen LogP contribution is -2.13. The summed E-state index contributed by atoms with van der Waals surface area (Å²) in [6, 6.07) is 4.92. The largest absolute Gasteiger partial charge is 0.480 e. The van der Waals surface area contributed by atoms with Gasteiger partial charge in [-0.2, -0.15) is 4.98 Å². The van der Waals surface area contributed by atoms with E-state index in [1.807, 2.05) is 19.0 Å². The lowest BCUT2D eigenvalue weighted by molar-refractivity contribution is 0.394. The van der Waals surface area contributed by atoms with E-state index < -0.39 is 0 Å². The van der Waals surface area contributed by atoms with E-state index in [1.165, 1.54) is 6.07 Å². The van der Waals surface area contributed by atoms with Gasteiger partial charge in [-0.15, -0.1) is 0 Å². The maximum absolute atomic E-state index is 13.6. The molecule has 2 aromatic rings. The fraction of sp³-hybridized carbons (Fsp3) is 0.357. The van der Waals surface area contributed by atoms with Crippen molar-refractivity contribution in [3.63, 3.8) is 0 Å². The minimum atomic E-state index is -0.212. The quantitative estimate of drug-likeness (QED) is 0.841. The SMILES string of the molecule is COc1nc(N(C)C)sc1CNCc1cc(Br)ccc1F. The molecule has 2 rings (SSSR count). The number of benzene rings is 1. The van der Waals surface area contributed by atoms with Gasteiger partial charge in [0.05, 0.1) is 12.0 Å². The van der Waals surface area contributed by atoms with Crippen LogP contribution < -0.4 is 15.0 Å². The number of nitrogens with zero attached hydrogens (tertiary/aromatic N) is 2. The van der Waals surface area contributed by atoms with E-state index in [4.69, 9.17) is 4.74 Å². The predicted octanol–water partition coefficient (Wildman–Crippen LogP) is 3.41. The zero-order chi connectivity index (χ0) is 15.4. The molecule has 0 bridgehead atoms. The molecule has 1 heterocycles. The van der Waals surface area contributed by atoms with E-state index in [0.717, 1.165) is 14.5 Å². The standard InChI is InChI=1S/C14H17BrFN3OS/c1-19(2)14-18-13(20-3)12(21-14)8-17-7-9-6-10(15)4-5-11(9)16/h4-6,17H,7-8H2,1-3H3. The molecule has 0 saturated carbocycles. The highest BCUT2D eigenvalue weighted by atomic mass is 79.9. The number of methoxy groups -OCH3 is 1. The molecule has 0 amide bonds. The topological polar surface area (TPSA) is 37.4 Å². The highest BCUT2D eigenvalue weighted by Gasteiger charge is 2.13. The molecule has 0 atom stereocenters. The van der Waals surface area contributed by atoms with Gasteiger partial charge in [0.25, 0.3) is 0 Å². The van der Waals surface area contributed by atoms with Gasteiger partial charge in [0.2, 0.25) is 5.88 Å². The number of halogens is 2. The summed E-state index contributed by atoms with van der Waals surface area (Å²) < 4.78 is 19.8. The second-order valence-corrected chi connectivity index (χ2v) is 6.64. The smallest absolute Gasteiger partial charge is 0.230 e. The molecule has 0 saturated heterocycles. The highest BCUT2D eigenvalue weighted by Crippen LogP contribution is 2.30. The molecular formula is C14H17BrFN3OS. The molecule has 4 nitrogen and oxygen atoms in total. The van der Waals surface area contributed by atoms with Gasteiger partial charge in [0.1, 0.15) is 5.82 Å². The first kappa shape index (κ1) is 16.2. The molecule has 114 valence electrons. The summed E-state index contributed by atoms with van der Waals surface area (Å²) >= 11 is 4.91. The highest BCUT2D eigenvalue weighted by molar-refractivity contribution is 9.10. The molecule has 0 fully saturated rings. The summed E-state index contributed by atoms with van der Waals surface area (Å²) in [5.74, 6) is 0.405. The van der Waals surface area contributed by atoms with Crippen molar-refractivity contribution in [2.24, 2.45) is 0 Å². The van der Waals surface area contributed by atoms with Crippen LogP contribution in [-0.2, 0) is 13.1 Å². The van der Waals surface area contributed by atoms with Crippen LogP contribution in [0.15, 0.2) is 22.7 Å². The molecule has 1 N–H and O–H groups in total. The van der Waals surface area contributed by atoms with Crippen LogP contribution in [0.5, 0.6) is 5.88 Å². The minimum absolute atomic E-state index is 0.212. The maximum atomic E-state index is 13.6. The van der Waals surface area contributed by atoms with Crippen LogP contribution in [0.3, 0.4) is 0 Å². The van der Waals surface area contributed by atoms with Crippen LogP contribution >= 0.6 is 27.3 Å². The first-order valence-corrected chi connectivity index (χ1v) is 7.98. The average molecular weight is 374 g/mol. The van der Waals surface area contributed by atoms with Crippen molar-refractivity contribution in [3.8, 4) is 5.88 Å². The van der Waals surface area contributed by atoms with Gasteiger partial charge in [-0.25, -0.2) is 4.39 Å². The molecule has 0 unspecified atom stereocenters. The summed E-state index contributed by atoms with van der Waals surface area (Å²) in [5, 5.41) is 4.11. The van der Waals surface area contributed by atoms with Crippen LogP contribution in [0.1, 0.15) is 10.4 Å². The van der Waals surface area contributed by atoms with E-state index >= 15 is 0 Å². The van der Waals surface area contributed by atoms with Crippen molar-refractivity contribution < 1.29 is 9.13 Å². The summed E-state index contributed by atoms with van der Waals surface area (Å²) in [6.45, 7) is 1.03. The maximum Gasteiger partial charge on any atom is 0.230 e. The van der Waals surface area contributed by atoms with Crippen LogP contribution in [0, 0.1) is 5.82 Å². The second-order valence-electron chi connectivity index (χ2n) is 4.66. The van der Waals surface area contributed by atoms with E-state index in [1.54, 1.807) is 30.6 Å². The number of nitrogens with one attached hydrogen (secondary N) is 1. The van der Waals surface area contributed by atoms with Crippen LogP contribution in [0.2, 0.25) is 0 Å². The summed E-state index contributed by atoms with van der Waals surface area (Å²) in [7, 11) is 5.48. The van der Waals surface area contributed by atoms with Crippen LogP contribution in [0.25, 0.3) is 0 Å². The van der Waals surface area contributed by atoms with Crippen LogP contribution in [-0.4, -0.2) is 26.2 Å².